The third-order valence-electron chi connectivity index (χ3n) is 9.30. The number of hydrogen-bond acceptors (Lipinski definition) is 1. The normalized spacial score (nSPS) is 12.0. The van der Waals surface area contributed by atoms with Crippen molar-refractivity contribution in [1.82, 2.24) is 9.13 Å². The minimum Gasteiger partial charge on any atom is -0.452 e. The molecule has 0 amide bonds. The highest BCUT2D eigenvalue weighted by molar-refractivity contribution is 6.26. The number of rotatable bonds is 3. The van der Waals surface area contributed by atoms with Crippen molar-refractivity contribution < 1.29 is 4.42 Å². The van der Waals surface area contributed by atoms with Gasteiger partial charge in [0.1, 0.15) is 0 Å². The SMILES string of the molecule is c1ccc(-c2cccc(-n3c4ccccc4c4ccc5c6ccc7c8ccccc8n(-c8ccccc8)c7c6oc5c43)c2)cc1. The Morgan fingerprint density at radius 2 is 0.800 bits per heavy atom. The van der Waals surface area contributed by atoms with Crippen molar-refractivity contribution in [2.45, 2.75) is 0 Å². The van der Waals surface area contributed by atoms with Crippen LogP contribution in [0.1, 0.15) is 0 Å². The molecule has 0 aliphatic carbocycles. The molecule has 0 spiro atoms. The molecule has 3 heteroatoms. The van der Waals surface area contributed by atoms with Crippen molar-refractivity contribution in [3.05, 3.63) is 158 Å². The molecule has 0 atom stereocenters. The molecule has 45 heavy (non-hydrogen) atoms. The second-order valence-corrected chi connectivity index (χ2v) is 11.7. The fraction of sp³-hybridized carbons (Fsp3) is 0. The summed E-state index contributed by atoms with van der Waals surface area (Å²) in [6.07, 6.45) is 0. The van der Waals surface area contributed by atoms with Crippen LogP contribution < -0.4 is 0 Å². The Kier molecular flexibility index (Phi) is 5.00. The molecule has 0 aliphatic heterocycles. The van der Waals surface area contributed by atoms with E-state index < -0.39 is 0 Å². The molecule has 10 aromatic rings. The highest BCUT2D eigenvalue weighted by Gasteiger charge is 2.22. The Morgan fingerprint density at radius 3 is 1.42 bits per heavy atom. The van der Waals surface area contributed by atoms with E-state index in [-0.39, 0.29) is 0 Å². The van der Waals surface area contributed by atoms with Crippen molar-refractivity contribution >= 4 is 65.6 Å². The molecular formula is C42H26N2O. The van der Waals surface area contributed by atoms with Crippen LogP contribution in [0.4, 0.5) is 0 Å². The summed E-state index contributed by atoms with van der Waals surface area (Å²) in [6.45, 7) is 0. The van der Waals surface area contributed by atoms with Gasteiger partial charge in [0.25, 0.3) is 0 Å². The minimum atomic E-state index is 0.904. The van der Waals surface area contributed by atoms with E-state index in [1.54, 1.807) is 0 Å². The first-order valence-electron chi connectivity index (χ1n) is 15.4. The van der Waals surface area contributed by atoms with Crippen LogP contribution in [0.25, 0.3) is 88.1 Å². The number of fused-ring (bicyclic) bond motifs is 11. The zero-order valence-electron chi connectivity index (χ0n) is 24.3. The molecule has 0 fully saturated rings. The number of benzene rings is 7. The lowest BCUT2D eigenvalue weighted by Crippen LogP contribution is -1.94. The van der Waals surface area contributed by atoms with Crippen LogP contribution in [0.2, 0.25) is 0 Å². The molecule has 0 saturated carbocycles. The van der Waals surface area contributed by atoms with Crippen molar-refractivity contribution in [2.75, 3.05) is 0 Å². The van der Waals surface area contributed by atoms with E-state index >= 15 is 0 Å². The standard InChI is InChI=1S/C42H26N2O/c1-3-12-27(13-4-1)28-14-11-17-30(26-28)44-38-21-10-8-19-32(38)34-23-25-36-35-24-22-33-31-18-7-9-20-37(31)43(29-15-5-2-6-16-29)39(33)41(35)45-42(36)40(34)44/h1-26H. The Bertz CT molecular complexity index is 2740. The molecule has 210 valence electrons. The predicted molar refractivity (Wildman–Crippen MR) is 188 cm³/mol. The average molecular weight is 575 g/mol. The van der Waals surface area contributed by atoms with Crippen LogP contribution in [0, 0.1) is 0 Å². The number of furan rings is 1. The summed E-state index contributed by atoms with van der Waals surface area (Å²) in [5.41, 5.74) is 10.9. The van der Waals surface area contributed by atoms with Crippen LogP contribution in [-0.2, 0) is 0 Å². The van der Waals surface area contributed by atoms with Gasteiger partial charge in [-0.2, -0.15) is 0 Å². The molecular weight excluding hydrogens is 548 g/mol. The monoisotopic (exact) mass is 574 g/mol. The third-order valence-corrected chi connectivity index (χ3v) is 9.30. The second-order valence-electron chi connectivity index (χ2n) is 11.7. The summed E-state index contributed by atoms with van der Waals surface area (Å²) in [5, 5.41) is 7.04. The quantitative estimate of drug-likeness (QED) is 0.206. The Morgan fingerprint density at radius 1 is 0.333 bits per heavy atom. The van der Waals surface area contributed by atoms with Gasteiger partial charge in [-0.15, -0.1) is 0 Å². The maximum atomic E-state index is 7.14. The number of hydrogen-bond donors (Lipinski definition) is 0. The van der Waals surface area contributed by atoms with E-state index in [1.807, 2.05) is 0 Å². The van der Waals surface area contributed by atoms with Crippen molar-refractivity contribution in [3.8, 4) is 22.5 Å². The zero-order valence-corrected chi connectivity index (χ0v) is 24.3. The molecule has 0 bridgehead atoms. The molecule has 0 N–H and O–H groups in total. The summed E-state index contributed by atoms with van der Waals surface area (Å²) < 4.78 is 11.9. The van der Waals surface area contributed by atoms with Gasteiger partial charge in [0, 0.05) is 43.7 Å². The lowest BCUT2D eigenvalue weighted by Gasteiger charge is -2.10. The van der Waals surface area contributed by atoms with Gasteiger partial charge in [0.05, 0.1) is 22.1 Å². The fourth-order valence-corrected chi connectivity index (χ4v) is 7.36. The first kappa shape index (κ1) is 24.4. The maximum Gasteiger partial charge on any atom is 0.160 e. The molecule has 3 heterocycles. The fourth-order valence-electron chi connectivity index (χ4n) is 7.36. The van der Waals surface area contributed by atoms with E-state index in [0.717, 1.165) is 49.9 Å². The first-order chi connectivity index (χ1) is 22.3. The topological polar surface area (TPSA) is 23.0 Å². The Hall–Kier alpha value is -6.06. The molecule has 3 aromatic heterocycles. The summed E-state index contributed by atoms with van der Waals surface area (Å²) in [4.78, 5) is 0. The largest absolute Gasteiger partial charge is 0.452 e. The molecule has 0 unspecified atom stereocenters. The van der Waals surface area contributed by atoms with Crippen molar-refractivity contribution in [3.63, 3.8) is 0 Å². The summed E-state index contributed by atoms with van der Waals surface area (Å²) >= 11 is 0. The van der Waals surface area contributed by atoms with Crippen LogP contribution in [-0.4, -0.2) is 9.13 Å². The van der Waals surface area contributed by atoms with Crippen LogP contribution in [0.3, 0.4) is 0 Å². The lowest BCUT2D eigenvalue weighted by atomic mass is 10.1. The van der Waals surface area contributed by atoms with E-state index in [4.69, 9.17) is 4.42 Å². The Labute approximate surface area is 258 Å². The smallest absolute Gasteiger partial charge is 0.160 e. The van der Waals surface area contributed by atoms with Gasteiger partial charge in [-0.25, -0.2) is 0 Å². The van der Waals surface area contributed by atoms with Gasteiger partial charge in [-0.1, -0.05) is 109 Å². The van der Waals surface area contributed by atoms with E-state index in [9.17, 15) is 0 Å². The lowest BCUT2D eigenvalue weighted by molar-refractivity contribution is 0.673. The Balaban J connectivity index is 1.36. The number of para-hydroxylation sites is 3. The maximum absolute atomic E-state index is 7.14. The van der Waals surface area contributed by atoms with Gasteiger partial charge in [0.2, 0.25) is 0 Å². The van der Waals surface area contributed by atoms with Crippen molar-refractivity contribution in [1.29, 1.82) is 0 Å². The summed E-state index contributed by atoms with van der Waals surface area (Å²) in [6, 6.07) is 56.3. The van der Waals surface area contributed by atoms with Crippen LogP contribution in [0.15, 0.2) is 162 Å². The highest BCUT2D eigenvalue weighted by Crippen LogP contribution is 2.44. The summed E-state index contributed by atoms with van der Waals surface area (Å²) in [5.74, 6) is 0. The van der Waals surface area contributed by atoms with E-state index in [1.165, 1.54) is 38.2 Å². The molecule has 0 radical (unpaired) electrons. The van der Waals surface area contributed by atoms with E-state index in [2.05, 4.69) is 167 Å². The van der Waals surface area contributed by atoms with Crippen LogP contribution in [0.5, 0.6) is 0 Å². The van der Waals surface area contributed by atoms with Gasteiger partial charge in [-0.05, 0) is 59.7 Å². The third kappa shape index (κ3) is 3.41. The molecule has 0 aliphatic rings. The van der Waals surface area contributed by atoms with E-state index in [0.29, 0.717) is 0 Å². The predicted octanol–water partition coefficient (Wildman–Crippen LogP) is 11.4. The average Bonchev–Trinajstić information content (AvgIpc) is 3.77. The summed E-state index contributed by atoms with van der Waals surface area (Å²) in [7, 11) is 0. The van der Waals surface area contributed by atoms with Gasteiger partial charge >= 0.3 is 0 Å². The first-order valence-corrected chi connectivity index (χ1v) is 15.4. The number of aromatic nitrogens is 2. The van der Waals surface area contributed by atoms with Gasteiger partial charge in [-0.3, -0.25) is 0 Å². The highest BCUT2D eigenvalue weighted by atomic mass is 16.3. The number of nitrogens with zero attached hydrogens (tertiary/aromatic N) is 2. The van der Waals surface area contributed by atoms with Gasteiger partial charge < -0.3 is 13.6 Å². The molecule has 3 nitrogen and oxygen atoms in total. The zero-order chi connectivity index (χ0) is 29.5. The minimum absolute atomic E-state index is 0.904. The molecule has 10 rings (SSSR count). The molecule has 0 saturated heterocycles. The second kappa shape index (κ2) is 9.22. The molecule has 7 aromatic carbocycles. The van der Waals surface area contributed by atoms with Crippen molar-refractivity contribution in [2.24, 2.45) is 0 Å². The van der Waals surface area contributed by atoms with Crippen LogP contribution >= 0.6 is 0 Å². The van der Waals surface area contributed by atoms with Gasteiger partial charge in [0.15, 0.2) is 11.2 Å².